The lowest BCUT2D eigenvalue weighted by Gasteiger charge is -2.00. The lowest BCUT2D eigenvalue weighted by Crippen LogP contribution is -1.96. The van der Waals surface area contributed by atoms with Crippen LogP contribution in [0.25, 0.3) is 5.65 Å². The molecule has 0 aliphatic carbocycles. The van der Waals surface area contributed by atoms with E-state index >= 15 is 0 Å². The molecule has 3 rings (SSSR count). The molecule has 19 heavy (non-hydrogen) atoms. The van der Waals surface area contributed by atoms with Gasteiger partial charge in [-0.05, 0) is 23.8 Å². The van der Waals surface area contributed by atoms with E-state index in [1.165, 1.54) is 12.1 Å². The molecule has 0 radical (unpaired) electrons. The van der Waals surface area contributed by atoms with Crippen LogP contribution >= 0.6 is 0 Å². The number of nitrogens with zero attached hydrogens (tertiary/aromatic N) is 3. The molecule has 0 saturated heterocycles. The van der Waals surface area contributed by atoms with E-state index in [1.54, 1.807) is 17.7 Å². The number of pyridine rings is 1. The minimum atomic E-state index is -0.251. The van der Waals surface area contributed by atoms with Gasteiger partial charge >= 0.3 is 0 Å². The van der Waals surface area contributed by atoms with Crippen molar-refractivity contribution in [2.75, 3.05) is 7.11 Å². The van der Waals surface area contributed by atoms with Crippen molar-refractivity contribution in [3.8, 4) is 5.88 Å². The van der Waals surface area contributed by atoms with Gasteiger partial charge in [0.1, 0.15) is 5.82 Å². The zero-order valence-corrected chi connectivity index (χ0v) is 10.4. The van der Waals surface area contributed by atoms with Crippen LogP contribution in [-0.4, -0.2) is 21.7 Å². The molecule has 0 bridgehead atoms. The fraction of sp³-hybridized carbons (Fsp3) is 0.143. The highest BCUT2D eigenvalue weighted by Crippen LogP contribution is 2.14. The van der Waals surface area contributed by atoms with Gasteiger partial charge in [0.15, 0.2) is 11.5 Å². The molecule has 0 amide bonds. The molecule has 0 saturated carbocycles. The van der Waals surface area contributed by atoms with Crippen molar-refractivity contribution in [2.45, 2.75) is 6.42 Å². The van der Waals surface area contributed by atoms with E-state index in [2.05, 4.69) is 10.1 Å². The standard InChI is InChI=1S/C14H12FN3O/c1-19-14-7-3-6-13-16-12(17-18(13)14)9-10-4-2-5-11(15)8-10/h2-8H,9H2,1H3. The van der Waals surface area contributed by atoms with E-state index in [9.17, 15) is 4.39 Å². The van der Waals surface area contributed by atoms with E-state index in [4.69, 9.17) is 4.74 Å². The summed E-state index contributed by atoms with van der Waals surface area (Å²) in [6.45, 7) is 0. The van der Waals surface area contributed by atoms with Crippen molar-refractivity contribution in [2.24, 2.45) is 0 Å². The van der Waals surface area contributed by atoms with Crippen molar-refractivity contribution in [1.29, 1.82) is 0 Å². The summed E-state index contributed by atoms with van der Waals surface area (Å²) in [5.74, 6) is 1.00. The van der Waals surface area contributed by atoms with Gasteiger partial charge in [-0.2, -0.15) is 4.52 Å². The lowest BCUT2D eigenvalue weighted by atomic mass is 10.1. The highest BCUT2D eigenvalue weighted by Gasteiger charge is 2.08. The molecule has 96 valence electrons. The number of hydrogen-bond donors (Lipinski definition) is 0. The number of benzene rings is 1. The van der Waals surface area contributed by atoms with Crippen LogP contribution in [0.4, 0.5) is 4.39 Å². The van der Waals surface area contributed by atoms with Crippen LogP contribution in [0.15, 0.2) is 42.5 Å². The number of fused-ring (bicyclic) bond motifs is 1. The van der Waals surface area contributed by atoms with Crippen molar-refractivity contribution in [3.05, 3.63) is 59.7 Å². The molecule has 0 spiro atoms. The van der Waals surface area contributed by atoms with Gasteiger partial charge < -0.3 is 4.74 Å². The number of halogens is 1. The van der Waals surface area contributed by atoms with Crippen LogP contribution in [0.2, 0.25) is 0 Å². The van der Waals surface area contributed by atoms with Gasteiger partial charge in [0.05, 0.1) is 7.11 Å². The Balaban J connectivity index is 1.98. The molecule has 5 heteroatoms. The Labute approximate surface area is 109 Å². The zero-order chi connectivity index (χ0) is 13.2. The molecule has 2 heterocycles. The summed E-state index contributed by atoms with van der Waals surface area (Å²) in [6, 6.07) is 12.0. The van der Waals surface area contributed by atoms with Crippen LogP contribution < -0.4 is 4.74 Å². The van der Waals surface area contributed by atoms with Gasteiger partial charge in [-0.25, -0.2) is 9.37 Å². The normalized spacial score (nSPS) is 10.8. The average molecular weight is 257 g/mol. The molecular weight excluding hydrogens is 245 g/mol. The fourth-order valence-electron chi connectivity index (χ4n) is 1.98. The molecule has 3 aromatic rings. The van der Waals surface area contributed by atoms with E-state index in [-0.39, 0.29) is 5.82 Å². The second-order valence-corrected chi connectivity index (χ2v) is 4.17. The van der Waals surface area contributed by atoms with Crippen LogP contribution in [0, 0.1) is 5.82 Å². The third-order valence-electron chi connectivity index (χ3n) is 2.83. The summed E-state index contributed by atoms with van der Waals surface area (Å²) in [6.07, 6.45) is 0.489. The summed E-state index contributed by atoms with van der Waals surface area (Å²) in [5.41, 5.74) is 1.56. The van der Waals surface area contributed by atoms with E-state index in [0.29, 0.717) is 23.8 Å². The summed E-state index contributed by atoms with van der Waals surface area (Å²) in [5, 5.41) is 4.37. The van der Waals surface area contributed by atoms with Gasteiger partial charge in [-0.1, -0.05) is 18.2 Å². The van der Waals surface area contributed by atoms with Gasteiger partial charge in [-0.3, -0.25) is 0 Å². The number of ether oxygens (including phenoxy) is 1. The Morgan fingerprint density at radius 3 is 2.84 bits per heavy atom. The van der Waals surface area contributed by atoms with E-state index in [0.717, 1.165) is 5.56 Å². The smallest absolute Gasteiger partial charge is 0.216 e. The molecule has 0 fully saturated rings. The first kappa shape index (κ1) is 11.6. The summed E-state index contributed by atoms with van der Waals surface area (Å²) < 4.78 is 20.0. The Morgan fingerprint density at radius 1 is 1.21 bits per heavy atom. The molecule has 4 nitrogen and oxygen atoms in total. The summed E-state index contributed by atoms with van der Waals surface area (Å²) in [4.78, 5) is 4.40. The first-order chi connectivity index (χ1) is 9.26. The molecule has 0 N–H and O–H groups in total. The Morgan fingerprint density at radius 2 is 2.05 bits per heavy atom. The fourth-order valence-corrected chi connectivity index (χ4v) is 1.98. The maximum Gasteiger partial charge on any atom is 0.216 e. The van der Waals surface area contributed by atoms with Crippen LogP contribution in [0.1, 0.15) is 11.4 Å². The number of hydrogen-bond acceptors (Lipinski definition) is 3. The number of methoxy groups -OCH3 is 1. The van der Waals surface area contributed by atoms with E-state index < -0.39 is 0 Å². The lowest BCUT2D eigenvalue weighted by molar-refractivity contribution is 0.385. The van der Waals surface area contributed by atoms with Crippen LogP contribution in [0.5, 0.6) is 5.88 Å². The molecule has 2 aromatic heterocycles. The first-order valence-electron chi connectivity index (χ1n) is 5.89. The molecular formula is C14H12FN3O. The third kappa shape index (κ3) is 2.27. The molecule has 0 unspecified atom stereocenters. The molecule has 0 aliphatic heterocycles. The highest BCUT2D eigenvalue weighted by molar-refractivity contribution is 5.41. The number of aromatic nitrogens is 3. The quantitative estimate of drug-likeness (QED) is 0.723. The monoisotopic (exact) mass is 257 g/mol. The predicted molar refractivity (Wildman–Crippen MR) is 68.7 cm³/mol. The molecule has 0 atom stereocenters. The van der Waals surface area contributed by atoms with Crippen molar-refractivity contribution in [3.63, 3.8) is 0 Å². The Bertz CT molecular complexity index is 724. The van der Waals surface area contributed by atoms with Crippen molar-refractivity contribution >= 4 is 5.65 Å². The molecule has 0 aliphatic rings. The van der Waals surface area contributed by atoms with Gasteiger partial charge in [0.2, 0.25) is 5.88 Å². The molecule has 1 aromatic carbocycles. The highest BCUT2D eigenvalue weighted by atomic mass is 19.1. The Kier molecular flexibility index (Phi) is 2.87. The van der Waals surface area contributed by atoms with Crippen LogP contribution in [0.3, 0.4) is 0 Å². The first-order valence-corrected chi connectivity index (χ1v) is 5.89. The maximum absolute atomic E-state index is 13.1. The zero-order valence-electron chi connectivity index (χ0n) is 10.4. The predicted octanol–water partition coefficient (Wildman–Crippen LogP) is 2.47. The SMILES string of the molecule is COc1cccc2nc(Cc3cccc(F)c3)nn12. The summed E-state index contributed by atoms with van der Waals surface area (Å²) in [7, 11) is 1.59. The second kappa shape index (κ2) is 4.68. The average Bonchev–Trinajstić information content (AvgIpc) is 2.80. The van der Waals surface area contributed by atoms with Crippen molar-refractivity contribution < 1.29 is 9.13 Å². The van der Waals surface area contributed by atoms with Gasteiger partial charge in [0, 0.05) is 12.5 Å². The van der Waals surface area contributed by atoms with Crippen molar-refractivity contribution in [1.82, 2.24) is 14.6 Å². The minimum absolute atomic E-state index is 0.251. The van der Waals surface area contributed by atoms with Gasteiger partial charge in [0.25, 0.3) is 0 Å². The van der Waals surface area contributed by atoms with Gasteiger partial charge in [-0.15, -0.1) is 5.10 Å². The largest absolute Gasteiger partial charge is 0.481 e. The topological polar surface area (TPSA) is 39.4 Å². The number of rotatable bonds is 3. The second-order valence-electron chi connectivity index (χ2n) is 4.17. The maximum atomic E-state index is 13.1. The summed E-state index contributed by atoms with van der Waals surface area (Å²) >= 11 is 0. The third-order valence-corrected chi connectivity index (χ3v) is 2.83. The van der Waals surface area contributed by atoms with Crippen LogP contribution in [-0.2, 0) is 6.42 Å². The minimum Gasteiger partial charge on any atom is -0.481 e. The van der Waals surface area contributed by atoms with E-state index in [1.807, 2.05) is 24.3 Å². The Hall–Kier alpha value is -2.43.